The van der Waals surface area contributed by atoms with Gasteiger partial charge in [0.05, 0.1) is 12.1 Å². The van der Waals surface area contributed by atoms with Gasteiger partial charge in [-0.1, -0.05) is 11.6 Å². The molecule has 0 atom stereocenters. The molecule has 0 bridgehead atoms. The maximum Gasteiger partial charge on any atom is 0.145 e. The number of halogens is 2. The molecular weight excluding hydrogens is 167 g/mol. The molecule has 0 aliphatic carbocycles. The van der Waals surface area contributed by atoms with Crippen molar-refractivity contribution in [1.82, 2.24) is 0 Å². The Morgan fingerprint density at radius 1 is 1.45 bits per heavy atom. The molecule has 1 aromatic rings. The first-order chi connectivity index (χ1) is 5.15. The van der Waals surface area contributed by atoms with Crippen molar-refractivity contribution in [2.45, 2.75) is 6.92 Å². The van der Waals surface area contributed by atoms with Crippen LogP contribution in [0.25, 0.3) is 0 Å². The van der Waals surface area contributed by atoms with Crippen LogP contribution in [0.15, 0.2) is 12.1 Å². The van der Waals surface area contributed by atoms with Gasteiger partial charge in [-0.25, -0.2) is 4.39 Å². The van der Waals surface area contributed by atoms with Gasteiger partial charge in [-0.15, -0.1) is 0 Å². The Labute approximate surface area is 69.7 Å². The van der Waals surface area contributed by atoms with E-state index in [0.717, 1.165) is 0 Å². The molecule has 0 radical (unpaired) electrons. The minimum Gasteiger partial charge on any atom is -0.497 e. The van der Waals surface area contributed by atoms with Gasteiger partial charge in [-0.05, 0) is 18.6 Å². The number of benzene rings is 1. The second-order valence-corrected chi connectivity index (χ2v) is 2.62. The Morgan fingerprint density at radius 3 is 2.55 bits per heavy atom. The third-order valence-corrected chi connectivity index (χ3v) is 1.90. The summed E-state index contributed by atoms with van der Waals surface area (Å²) in [5.74, 6) is 0.0490. The maximum atomic E-state index is 12.8. The minimum absolute atomic E-state index is 0.158. The molecule has 0 fully saturated rings. The monoisotopic (exact) mass is 174 g/mol. The van der Waals surface area contributed by atoms with E-state index in [-0.39, 0.29) is 5.02 Å². The lowest BCUT2D eigenvalue weighted by molar-refractivity contribution is 0.411. The Balaban J connectivity index is 3.21. The second-order valence-electron chi connectivity index (χ2n) is 2.24. The lowest BCUT2D eigenvalue weighted by Gasteiger charge is -2.03. The number of hydrogen-bond donors (Lipinski definition) is 0. The number of hydrogen-bond acceptors (Lipinski definition) is 1. The first-order valence-corrected chi connectivity index (χ1v) is 3.52. The molecule has 3 heteroatoms. The molecule has 0 N–H and O–H groups in total. The molecule has 0 saturated carbocycles. The van der Waals surface area contributed by atoms with Crippen molar-refractivity contribution >= 4 is 11.6 Å². The predicted octanol–water partition coefficient (Wildman–Crippen LogP) is 2.80. The fourth-order valence-corrected chi connectivity index (χ4v) is 0.922. The van der Waals surface area contributed by atoms with Crippen molar-refractivity contribution in [3.8, 4) is 5.75 Å². The summed E-state index contributed by atoms with van der Waals surface area (Å²) in [6.45, 7) is 1.73. The van der Waals surface area contributed by atoms with Gasteiger partial charge in [0.2, 0.25) is 0 Å². The molecule has 1 rings (SSSR count). The lowest BCUT2D eigenvalue weighted by Crippen LogP contribution is -1.87. The normalized spacial score (nSPS) is 9.82. The van der Waals surface area contributed by atoms with Crippen LogP contribution in [0.4, 0.5) is 4.39 Å². The van der Waals surface area contributed by atoms with Crippen molar-refractivity contribution in [3.05, 3.63) is 28.5 Å². The Bertz CT molecular complexity index is 250. The third-order valence-electron chi connectivity index (χ3n) is 1.42. The van der Waals surface area contributed by atoms with Crippen LogP contribution in [0.2, 0.25) is 5.02 Å². The highest BCUT2D eigenvalue weighted by atomic mass is 35.5. The molecule has 60 valence electrons. The zero-order chi connectivity index (χ0) is 8.43. The van der Waals surface area contributed by atoms with Gasteiger partial charge >= 0.3 is 0 Å². The van der Waals surface area contributed by atoms with Gasteiger partial charge in [0.15, 0.2) is 0 Å². The predicted molar refractivity (Wildman–Crippen MR) is 42.7 cm³/mol. The standard InChI is InChI=1S/C8H8ClFO/c1-5-3-6(11-2)4-7(10)8(5)9/h3-4H,1-2H3. The number of methoxy groups -OCH3 is 1. The van der Waals surface area contributed by atoms with Crippen molar-refractivity contribution in [2.24, 2.45) is 0 Å². The van der Waals surface area contributed by atoms with Gasteiger partial charge in [0, 0.05) is 6.07 Å². The summed E-state index contributed by atoms with van der Waals surface area (Å²) in [6.07, 6.45) is 0. The van der Waals surface area contributed by atoms with Crippen LogP contribution in [0.5, 0.6) is 5.75 Å². The Morgan fingerprint density at radius 2 is 2.09 bits per heavy atom. The highest BCUT2D eigenvalue weighted by Gasteiger charge is 2.04. The van der Waals surface area contributed by atoms with Crippen LogP contribution in [0.1, 0.15) is 5.56 Å². The van der Waals surface area contributed by atoms with Gasteiger partial charge in [-0.2, -0.15) is 0 Å². The van der Waals surface area contributed by atoms with E-state index in [9.17, 15) is 4.39 Å². The minimum atomic E-state index is -0.441. The number of ether oxygens (including phenoxy) is 1. The molecule has 0 amide bonds. The molecule has 0 unspecified atom stereocenters. The maximum absolute atomic E-state index is 12.8. The van der Waals surface area contributed by atoms with Crippen LogP contribution >= 0.6 is 11.6 Å². The molecule has 11 heavy (non-hydrogen) atoms. The quantitative estimate of drug-likeness (QED) is 0.636. The van der Waals surface area contributed by atoms with Crippen LogP contribution in [-0.2, 0) is 0 Å². The molecule has 1 nitrogen and oxygen atoms in total. The Kier molecular flexibility index (Phi) is 2.35. The fraction of sp³-hybridized carbons (Fsp3) is 0.250. The summed E-state index contributed by atoms with van der Waals surface area (Å²) in [4.78, 5) is 0. The highest BCUT2D eigenvalue weighted by Crippen LogP contribution is 2.24. The van der Waals surface area contributed by atoms with E-state index in [2.05, 4.69) is 0 Å². The molecular formula is C8H8ClFO. The van der Waals surface area contributed by atoms with E-state index in [4.69, 9.17) is 16.3 Å². The van der Waals surface area contributed by atoms with Crippen LogP contribution in [0.3, 0.4) is 0 Å². The Hall–Kier alpha value is -0.760. The SMILES string of the molecule is COc1cc(C)c(Cl)c(F)c1. The lowest BCUT2D eigenvalue weighted by atomic mass is 10.2. The molecule has 1 aromatic carbocycles. The van der Waals surface area contributed by atoms with Crippen molar-refractivity contribution < 1.29 is 9.13 Å². The van der Waals surface area contributed by atoms with Gasteiger partial charge in [0.1, 0.15) is 11.6 Å². The van der Waals surface area contributed by atoms with Gasteiger partial charge in [0.25, 0.3) is 0 Å². The van der Waals surface area contributed by atoms with E-state index >= 15 is 0 Å². The number of aryl methyl sites for hydroxylation is 1. The summed E-state index contributed by atoms with van der Waals surface area (Å²) in [6, 6.07) is 2.95. The van der Waals surface area contributed by atoms with Crippen molar-refractivity contribution in [2.75, 3.05) is 7.11 Å². The summed E-state index contributed by atoms with van der Waals surface area (Å²) in [7, 11) is 1.49. The fourth-order valence-electron chi connectivity index (χ4n) is 0.813. The summed E-state index contributed by atoms with van der Waals surface area (Å²) in [5.41, 5.74) is 0.684. The third kappa shape index (κ3) is 1.63. The average Bonchev–Trinajstić information content (AvgIpc) is 1.99. The largest absolute Gasteiger partial charge is 0.497 e. The first kappa shape index (κ1) is 8.34. The highest BCUT2D eigenvalue weighted by molar-refractivity contribution is 6.31. The zero-order valence-electron chi connectivity index (χ0n) is 6.32. The van der Waals surface area contributed by atoms with Gasteiger partial charge in [-0.3, -0.25) is 0 Å². The van der Waals surface area contributed by atoms with E-state index < -0.39 is 5.82 Å². The summed E-state index contributed by atoms with van der Waals surface area (Å²) < 4.78 is 17.6. The molecule has 0 spiro atoms. The summed E-state index contributed by atoms with van der Waals surface area (Å²) >= 11 is 5.58. The number of rotatable bonds is 1. The van der Waals surface area contributed by atoms with E-state index in [0.29, 0.717) is 11.3 Å². The van der Waals surface area contributed by atoms with Gasteiger partial charge < -0.3 is 4.74 Å². The van der Waals surface area contributed by atoms with Crippen LogP contribution in [0, 0.1) is 12.7 Å². The second kappa shape index (κ2) is 3.09. The van der Waals surface area contributed by atoms with Crippen LogP contribution < -0.4 is 4.74 Å². The average molecular weight is 175 g/mol. The van der Waals surface area contributed by atoms with E-state index in [1.54, 1.807) is 13.0 Å². The van der Waals surface area contributed by atoms with E-state index in [1.807, 2.05) is 0 Å². The molecule has 0 aliphatic heterocycles. The summed E-state index contributed by atoms with van der Waals surface area (Å²) in [5, 5.41) is 0.158. The first-order valence-electron chi connectivity index (χ1n) is 3.15. The van der Waals surface area contributed by atoms with Crippen molar-refractivity contribution in [3.63, 3.8) is 0 Å². The van der Waals surface area contributed by atoms with E-state index in [1.165, 1.54) is 13.2 Å². The molecule has 0 aliphatic rings. The molecule has 0 saturated heterocycles. The topological polar surface area (TPSA) is 9.23 Å². The zero-order valence-corrected chi connectivity index (χ0v) is 7.07. The smallest absolute Gasteiger partial charge is 0.145 e. The van der Waals surface area contributed by atoms with Crippen molar-refractivity contribution in [1.29, 1.82) is 0 Å². The van der Waals surface area contributed by atoms with Crippen LogP contribution in [-0.4, -0.2) is 7.11 Å². The molecule has 0 heterocycles. The molecule has 0 aromatic heterocycles.